The predicted octanol–water partition coefficient (Wildman–Crippen LogP) is 4.60. The van der Waals surface area contributed by atoms with Crippen LogP contribution in [0.2, 0.25) is 5.02 Å². The number of benzene rings is 1. The molecule has 1 aliphatic heterocycles. The van der Waals surface area contributed by atoms with Crippen molar-refractivity contribution in [1.29, 1.82) is 0 Å². The topological polar surface area (TPSA) is 92.3 Å². The fourth-order valence-electron chi connectivity index (χ4n) is 3.45. The first-order valence-corrected chi connectivity index (χ1v) is 12.9. The molecule has 0 radical (unpaired) electrons. The smallest absolute Gasteiger partial charge is 0.257 e. The summed E-state index contributed by atoms with van der Waals surface area (Å²) in [6.07, 6.45) is 5.94. The number of aryl methyl sites for hydroxylation is 1. The van der Waals surface area contributed by atoms with E-state index in [4.69, 9.17) is 11.6 Å². The van der Waals surface area contributed by atoms with E-state index in [2.05, 4.69) is 22.4 Å². The van der Waals surface area contributed by atoms with Gasteiger partial charge in [-0.2, -0.15) is 4.31 Å². The maximum Gasteiger partial charge on any atom is 0.257 e. The molecule has 3 rings (SSSR count). The van der Waals surface area contributed by atoms with Gasteiger partial charge in [-0.15, -0.1) is 10.2 Å². The van der Waals surface area contributed by atoms with Gasteiger partial charge in [0.2, 0.25) is 15.2 Å². The van der Waals surface area contributed by atoms with E-state index in [0.29, 0.717) is 24.1 Å². The van der Waals surface area contributed by atoms with Crippen molar-refractivity contribution < 1.29 is 13.2 Å². The summed E-state index contributed by atoms with van der Waals surface area (Å²) in [6.45, 7) is 5.09. The zero-order valence-electron chi connectivity index (χ0n) is 17.2. The van der Waals surface area contributed by atoms with E-state index in [9.17, 15) is 13.2 Å². The summed E-state index contributed by atoms with van der Waals surface area (Å²) in [5.41, 5.74) is 0.214. The van der Waals surface area contributed by atoms with Crippen molar-refractivity contribution in [3.05, 3.63) is 33.8 Å². The van der Waals surface area contributed by atoms with Crippen LogP contribution in [-0.4, -0.2) is 41.9 Å². The highest BCUT2D eigenvalue weighted by Crippen LogP contribution is 2.29. The van der Waals surface area contributed by atoms with Crippen molar-refractivity contribution in [2.24, 2.45) is 5.92 Å². The van der Waals surface area contributed by atoms with E-state index >= 15 is 0 Å². The molecular weight excluding hydrogens is 444 g/mol. The Bertz CT molecular complexity index is 994. The Morgan fingerprint density at radius 2 is 2.13 bits per heavy atom. The van der Waals surface area contributed by atoms with Gasteiger partial charge < -0.3 is 0 Å². The Balaban J connectivity index is 1.75. The van der Waals surface area contributed by atoms with Crippen LogP contribution in [0.5, 0.6) is 0 Å². The molecule has 0 saturated carbocycles. The Morgan fingerprint density at radius 1 is 1.33 bits per heavy atom. The summed E-state index contributed by atoms with van der Waals surface area (Å²) in [5, 5.41) is 12.2. The molecule has 1 unspecified atom stereocenters. The molecule has 10 heteroatoms. The lowest BCUT2D eigenvalue weighted by Crippen LogP contribution is -2.39. The number of rotatable bonds is 8. The van der Waals surface area contributed by atoms with Crippen molar-refractivity contribution in [3.8, 4) is 0 Å². The average molecular weight is 471 g/mol. The molecule has 1 amide bonds. The number of anilines is 1. The zero-order chi connectivity index (χ0) is 21.7. The summed E-state index contributed by atoms with van der Waals surface area (Å²) in [7, 11) is -3.77. The molecule has 164 valence electrons. The molecule has 2 aromatic rings. The van der Waals surface area contributed by atoms with Gasteiger partial charge in [-0.25, -0.2) is 8.42 Å². The lowest BCUT2D eigenvalue weighted by atomic mass is 10.0. The lowest BCUT2D eigenvalue weighted by Gasteiger charge is -2.30. The molecule has 1 atom stereocenters. The fraction of sp³-hybridized carbons (Fsp3) is 0.550. The van der Waals surface area contributed by atoms with Crippen molar-refractivity contribution in [1.82, 2.24) is 14.5 Å². The third-order valence-electron chi connectivity index (χ3n) is 5.11. The number of amides is 1. The predicted molar refractivity (Wildman–Crippen MR) is 120 cm³/mol. The summed E-state index contributed by atoms with van der Waals surface area (Å²) < 4.78 is 27.7. The molecule has 7 nitrogen and oxygen atoms in total. The number of nitrogens with one attached hydrogen (secondary N) is 1. The molecule has 0 spiro atoms. The minimum Gasteiger partial charge on any atom is -0.296 e. The highest BCUT2D eigenvalue weighted by Gasteiger charge is 2.31. The van der Waals surface area contributed by atoms with Crippen LogP contribution >= 0.6 is 22.9 Å². The summed E-state index contributed by atoms with van der Waals surface area (Å²) in [4.78, 5) is 12.6. The minimum absolute atomic E-state index is 0.0385. The van der Waals surface area contributed by atoms with Crippen LogP contribution < -0.4 is 5.32 Å². The highest BCUT2D eigenvalue weighted by molar-refractivity contribution is 7.89. The number of piperidine rings is 1. The first-order valence-electron chi connectivity index (χ1n) is 10.2. The van der Waals surface area contributed by atoms with E-state index in [0.717, 1.165) is 43.5 Å². The number of unbranched alkanes of at least 4 members (excludes halogenated alkanes) is 2. The number of sulfonamides is 1. The molecule has 1 aromatic carbocycles. The molecule has 1 aromatic heterocycles. The standard InChI is InChI=1S/C20H27ClN4O3S2/c1-3-4-5-8-18-23-24-20(29-18)22-19(26)15-9-10-16(21)17(12-15)30(27,28)25-11-6-7-14(2)13-25/h9-10,12,14H,3-8,11,13H2,1-2H3,(H,22,24,26). The molecular formula is C20H27ClN4O3S2. The SMILES string of the molecule is CCCCCc1nnc(NC(=O)c2ccc(Cl)c(S(=O)(=O)N3CCCC(C)C3)c2)s1. The Morgan fingerprint density at radius 3 is 2.87 bits per heavy atom. The van der Waals surface area contributed by atoms with Gasteiger partial charge in [-0.3, -0.25) is 10.1 Å². The van der Waals surface area contributed by atoms with Gasteiger partial charge in [-0.1, -0.05) is 49.6 Å². The molecule has 1 fully saturated rings. The number of nitrogens with zero attached hydrogens (tertiary/aromatic N) is 3. The van der Waals surface area contributed by atoms with Crippen LogP contribution in [0.25, 0.3) is 0 Å². The van der Waals surface area contributed by atoms with Gasteiger partial charge in [0.15, 0.2) is 0 Å². The third kappa shape index (κ3) is 5.57. The first kappa shape index (κ1) is 23.1. The normalized spacial score (nSPS) is 17.8. The maximum atomic E-state index is 13.1. The van der Waals surface area contributed by atoms with Gasteiger partial charge in [0.1, 0.15) is 9.90 Å². The molecule has 1 saturated heterocycles. The summed E-state index contributed by atoms with van der Waals surface area (Å²) in [5.74, 6) is -0.144. The van der Waals surface area contributed by atoms with Crippen molar-refractivity contribution in [2.45, 2.75) is 57.3 Å². The maximum absolute atomic E-state index is 13.1. The minimum atomic E-state index is -3.77. The number of hydrogen-bond donors (Lipinski definition) is 1. The fourth-order valence-corrected chi connectivity index (χ4v) is 6.32. The Labute approximate surface area is 186 Å². The number of hydrogen-bond acceptors (Lipinski definition) is 6. The Kier molecular flexibility index (Phi) is 7.84. The number of carbonyl (C=O) groups is 1. The number of carbonyl (C=O) groups excluding carboxylic acids is 1. The number of halogens is 1. The van der Waals surface area contributed by atoms with Crippen LogP contribution in [0.3, 0.4) is 0 Å². The second kappa shape index (κ2) is 10.2. The Hall–Kier alpha value is -1.55. The van der Waals surface area contributed by atoms with Crippen LogP contribution in [0.1, 0.15) is 61.3 Å². The van der Waals surface area contributed by atoms with Crippen molar-refractivity contribution >= 4 is 44.0 Å². The summed E-state index contributed by atoms with van der Waals surface area (Å²) in [6, 6.07) is 4.31. The van der Waals surface area contributed by atoms with E-state index in [1.165, 1.54) is 33.8 Å². The van der Waals surface area contributed by atoms with Gasteiger partial charge >= 0.3 is 0 Å². The monoisotopic (exact) mass is 470 g/mol. The quantitative estimate of drug-likeness (QED) is 0.569. The van der Waals surface area contributed by atoms with E-state index in [1.807, 2.05) is 6.92 Å². The number of aromatic nitrogens is 2. The van der Waals surface area contributed by atoms with Crippen LogP contribution in [-0.2, 0) is 16.4 Å². The largest absolute Gasteiger partial charge is 0.296 e. The van der Waals surface area contributed by atoms with Gasteiger partial charge in [0.05, 0.1) is 5.02 Å². The van der Waals surface area contributed by atoms with Crippen molar-refractivity contribution in [3.63, 3.8) is 0 Å². The van der Waals surface area contributed by atoms with Gasteiger partial charge in [-0.05, 0) is 43.4 Å². The van der Waals surface area contributed by atoms with Crippen LogP contribution in [0.15, 0.2) is 23.1 Å². The van der Waals surface area contributed by atoms with E-state index in [-0.39, 0.29) is 15.5 Å². The van der Waals surface area contributed by atoms with E-state index < -0.39 is 15.9 Å². The van der Waals surface area contributed by atoms with Crippen molar-refractivity contribution in [2.75, 3.05) is 18.4 Å². The van der Waals surface area contributed by atoms with Gasteiger partial charge in [0, 0.05) is 25.1 Å². The molecule has 1 aliphatic rings. The first-order chi connectivity index (χ1) is 14.3. The van der Waals surface area contributed by atoms with Crippen LogP contribution in [0.4, 0.5) is 5.13 Å². The highest BCUT2D eigenvalue weighted by atomic mass is 35.5. The molecule has 0 bridgehead atoms. The van der Waals surface area contributed by atoms with E-state index in [1.54, 1.807) is 0 Å². The summed E-state index contributed by atoms with van der Waals surface area (Å²) >= 11 is 7.54. The second-order valence-corrected chi connectivity index (χ2v) is 11.0. The third-order valence-corrected chi connectivity index (χ3v) is 8.36. The van der Waals surface area contributed by atoms with Crippen LogP contribution in [0, 0.1) is 5.92 Å². The van der Waals surface area contributed by atoms with Gasteiger partial charge in [0.25, 0.3) is 5.91 Å². The molecule has 1 N–H and O–H groups in total. The lowest BCUT2D eigenvalue weighted by molar-refractivity contribution is 0.102. The molecule has 0 aliphatic carbocycles. The molecule has 30 heavy (non-hydrogen) atoms. The zero-order valence-corrected chi connectivity index (χ0v) is 19.6. The average Bonchev–Trinajstić information content (AvgIpc) is 3.15. The second-order valence-electron chi connectivity index (χ2n) is 7.67. The molecule has 2 heterocycles.